The van der Waals surface area contributed by atoms with E-state index >= 15 is 0 Å². The minimum atomic E-state index is 0. The fourth-order valence-corrected chi connectivity index (χ4v) is 1.16. The van der Waals surface area contributed by atoms with Gasteiger partial charge >= 0.3 is 0 Å². The number of hydrogen-bond donors (Lipinski definition) is 0. The standard InChI is InChI=1S/C5H10Br2.H4Si/c6-4-2-1-3-5-7;/h1-5H2;1H4. The van der Waals surface area contributed by atoms with E-state index in [1.165, 1.54) is 19.3 Å². The summed E-state index contributed by atoms with van der Waals surface area (Å²) in [6, 6.07) is 0. The molecule has 0 saturated heterocycles. The molecule has 0 amide bonds. The van der Waals surface area contributed by atoms with Crippen molar-refractivity contribution >= 4 is 42.8 Å². The molecule has 8 heavy (non-hydrogen) atoms. The molecule has 0 bridgehead atoms. The monoisotopic (exact) mass is 260 g/mol. The van der Waals surface area contributed by atoms with Gasteiger partial charge in [0.05, 0.1) is 0 Å². The summed E-state index contributed by atoms with van der Waals surface area (Å²) in [6.45, 7) is 0. The number of unbranched alkanes of at least 4 members (excludes halogenated alkanes) is 2. The summed E-state index contributed by atoms with van der Waals surface area (Å²) in [6.07, 6.45) is 3.97. The lowest BCUT2D eigenvalue weighted by Crippen LogP contribution is -1.76. The molecule has 0 aliphatic rings. The molecular weight excluding hydrogens is 248 g/mol. The largest absolute Gasteiger partial charge is 0.0928 e. The summed E-state index contributed by atoms with van der Waals surface area (Å²) in [5.74, 6) is 0. The van der Waals surface area contributed by atoms with Crippen molar-refractivity contribution in [3.8, 4) is 0 Å². The van der Waals surface area contributed by atoms with Crippen LogP contribution in [0.2, 0.25) is 0 Å². The van der Waals surface area contributed by atoms with E-state index in [1.807, 2.05) is 0 Å². The average molecular weight is 262 g/mol. The maximum absolute atomic E-state index is 3.36. The molecule has 0 N–H and O–H groups in total. The predicted molar refractivity (Wildman–Crippen MR) is 52.8 cm³/mol. The molecule has 0 aromatic carbocycles. The van der Waals surface area contributed by atoms with Crippen LogP contribution in [0, 0.1) is 0 Å². The lowest BCUT2D eigenvalue weighted by Gasteiger charge is -1.88. The summed E-state index contributed by atoms with van der Waals surface area (Å²) in [7, 11) is 0. The molecule has 0 fully saturated rings. The fourth-order valence-electron chi connectivity index (χ4n) is 0.366. The number of rotatable bonds is 4. The molecule has 0 radical (unpaired) electrons. The molecular formula is C5H14Br2Si. The second kappa shape index (κ2) is 11.0. The van der Waals surface area contributed by atoms with Crippen LogP contribution < -0.4 is 0 Å². The molecule has 52 valence electrons. The predicted octanol–water partition coefficient (Wildman–Crippen LogP) is 1.49. The quantitative estimate of drug-likeness (QED) is 0.409. The van der Waals surface area contributed by atoms with Gasteiger partial charge in [0.1, 0.15) is 0 Å². The van der Waals surface area contributed by atoms with Crippen LogP contribution in [0.25, 0.3) is 0 Å². The minimum absolute atomic E-state index is 0. The van der Waals surface area contributed by atoms with Crippen LogP contribution >= 0.6 is 31.9 Å². The third kappa shape index (κ3) is 10.2. The Morgan fingerprint density at radius 1 is 0.750 bits per heavy atom. The summed E-state index contributed by atoms with van der Waals surface area (Å²) in [5, 5.41) is 2.31. The fraction of sp³-hybridized carbons (Fsp3) is 1.00. The second-order valence-corrected chi connectivity index (χ2v) is 3.02. The molecule has 0 aromatic heterocycles. The first-order valence-corrected chi connectivity index (χ1v) is 4.78. The van der Waals surface area contributed by atoms with Crippen molar-refractivity contribution in [1.82, 2.24) is 0 Å². The van der Waals surface area contributed by atoms with E-state index in [1.54, 1.807) is 0 Å². The van der Waals surface area contributed by atoms with E-state index in [4.69, 9.17) is 0 Å². The Morgan fingerprint density at radius 2 is 1.12 bits per heavy atom. The molecule has 0 aliphatic carbocycles. The van der Waals surface area contributed by atoms with E-state index in [2.05, 4.69) is 31.9 Å². The van der Waals surface area contributed by atoms with E-state index in [0.717, 1.165) is 10.7 Å². The normalized spacial score (nSPS) is 8.25. The minimum Gasteiger partial charge on any atom is -0.0928 e. The van der Waals surface area contributed by atoms with Gasteiger partial charge in [0.15, 0.2) is 0 Å². The highest BCUT2D eigenvalue weighted by molar-refractivity contribution is 9.09. The second-order valence-electron chi connectivity index (χ2n) is 1.44. The first kappa shape index (κ1) is 11.9. The van der Waals surface area contributed by atoms with Crippen molar-refractivity contribution in [2.24, 2.45) is 0 Å². The van der Waals surface area contributed by atoms with Crippen molar-refractivity contribution in [3.63, 3.8) is 0 Å². The van der Waals surface area contributed by atoms with Crippen molar-refractivity contribution < 1.29 is 0 Å². The number of hydrogen-bond acceptors (Lipinski definition) is 0. The van der Waals surface area contributed by atoms with E-state index < -0.39 is 0 Å². The molecule has 0 heterocycles. The summed E-state index contributed by atoms with van der Waals surface area (Å²) in [4.78, 5) is 0. The third-order valence-electron chi connectivity index (χ3n) is 0.767. The van der Waals surface area contributed by atoms with Crippen LogP contribution in [0.4, 0.5) is 0 Å². The van der Waals surface area contributed by atoms with Gasteiger partial charge in [-0.1, -0.05) is 38.3 Å². The highest BCUT2D eigenvalue weighted by Gasteiger charge is 1.81. The molecule has 0 aromatic rings. The average Bonchev–Trinajstić information content (AvgIpc) is 1.69. The Morgan fingerprint density at radius 3 is 1.38 bits per heavy atom. The number of halogens is 2. The Kier molecular flexibility index (Phi) is 16.4. The van der Waals surface area contributed by atoms with Gasteiger partial charge in [-0.25, -0.2) is 0 Å². The third-order valence-corrected chi connectivity index (χ3v) is 1.89. The van der Waals surface area contributed by atoms with Crippen molar-refractivity contribution in [2.45, 2.75) is 19.3 Å². The lowest BCUT2D eigenvalue weighted by molar-refractivity contribution is 0.792. The van der Waals surface area contributed by atoms with Crippen LogP contribution in [0.15, 0.2) is 0 Å². The molecule has 0 rings (SSSR count). The van der Waals surface area contributed by atoms with Gasteiger partial charge in [-0.15, -0.1) is 0 Å². The smallest absolute Gasteiger partial charge is 0.00313 e. The molecule has 0 spiro atoms. The SMILES string of the molecule is BrCCCCCBr.[SiH4]. The van der Waals surface area contributed by atoms with Gasteiger partial charge in [-0.05, 0) is 23.8 Å². The van der Waals surface area contributed by atoms with E-state index in [-0.39, 0.29) is 11.0 Å². The lowest BCUT2D eigenvalue weighted by atomic mass is 10.3. The molecule has 0 saturated carbocycles. The maximum atomic E-state index is 3.36. The Bertz CT molecular complexity index is 29.6. The highest BCUT2D eigenvalue weighted by atomic mass is 79.9. The first-order valence-electron chi connectivity index (χ1n) is 2.53. The van der Waals surface area contributed by atoms with E-state index in [0.29, 0.717) is 0 Å². The number of alkyl halides is 2. The molecule has 0 nitrogen and oxygen atoms in total. The van der Waals surface area contributed by atoms with Gasteiger partial charge in [-0.2, -0.15) is 0 Å². The molecule has 3 heteroatoms. The Labute approximate surface area is 72.7 Å². The van der Waals surface area contributed by atoms with Crippen molar-refractivity contribution in [3.05, 3.63) is 0 Å². The van der Waals surface area contributed by atoms with Gasteiger partial charge in [0.25, 0.3) is 0 Å². The van der Waals surface area contributed by atoms with Crippen molar-refractivity contribution in [2.75, 3.05) is 10.7 Å². The van der Waals surface area contributed by atoms with Crippen molar-refractivity contribution in [1.29, 1.82) is 0 Å². The van der Waals surface area contributed by atoms with Gasteiger partial charge in [-0.3, -0.25) is 0 Å². The van der Waals surface area contributed by atoms with Crippen LogP contribution in [0.3, 0.4) is 0 Å². The molecule has 0 atom stereocenters. The van der Waals surface area contributed by atoms with Gasteiger partial charge in [0, 0.05) is 10.7 Å². The van der Waals surface area contributed by atoms with Crippen LogP contribution in [0.1, 0.15) is 19.3 Å². The zero-order valence-corrected chi connectivity index (χ0v) is 7.46. The zero-order valence-electron chi connectivity index (χ0n) is 4.29. The summed E-state index contributed by atoms with van der Waals surface area (Å²) < 4.78 is 0. The first-order chi connectivity index (χ1) is 3.41. The van der Waals surface area contributed by atoms with Crippen LogP contribution in [-0.2, 0) is 0 Å². The zero-order chi connectivity index (χ0) is 5.54. The summed E-state index contributed by atoms with van der Waals surface area (Å²) >= 11 is 6.73. The maximum Gasteiger partial charge on any atom is 0.00313 e. The highest BCUT2D eigenvalue weighted by Crippen LogP contribution is 1.99. The van der Waals surface area contributed by atoms with Crippen LogP contribution in [-0.4, -0.2) is 21.6 Å². The Balaban J connectivity index is 0. The van der Waals surface area contributed by atoms with E-state index in [9.17, 15) is 0 Å². The Hall–Kier alpha value is 1.18. The van der Waals surface area contributed by atoms with Crippen LogP contribution in [0.5, 0.6) is 0 Å². The van der Waals surface area contributed by atoms with Gasteiger partial charge in [0.2, 0.25) is 0 Å². The molecule has 0 unspecified atom stereocenters. The summed E-state index contributed by atoms with van der Waals surface area (Å²) in [5.41, 5.74) is 0. The topological polar surface area (TPSA) is 0 Å². The van der Waals surface area contributed by atoms with Gasteiger partial charge < -0.3 is 0 Å². The molecule has 0 aliphatic heterocycles.